The van der Waals surface area contributed by atoms with Crippen molar-refractivity contribution < 1.29 is 14.5 Å². The minimum atomic E-state index is -0.437. The number of nitro groups is 1. The van der Waals surface area contributed by atoms with Gasteiger partial charge in [-0.15, -0.1) is 24.0 Å². The number of nitrogens with one attached hydrogen (secondary N) is 3. The summed E-state index contributed by atoms with van der Waals surface area (Å²) in [4.78, 5) is 26.8. The van der Waals surface area contributed by atoms with E-state index >= 15 is 0 Å². The van der Waals surface area contributed by atoms with Crippen LogP contribution < -0.4 is 16.0 Å². The molecule has 0 aromatic heterocycles. The molecule has 3 N–H and O–H groups in total. The van der Waals surface area contributed by atoms with Crippen LogP contribution in [0.25, 0.3) is 0 Å². The number of halogens is 1. The zero-order valence-electron chi connectivity index (χ0n) is 17.5. The summed E-state index contributed by atoms with van der Waals surface area (Å²) in [5.41, 5.74) is 0.568. The van der Waals surface area contributed by atoms with Crippen molar-refractivity contribution in [3.8, 4) is 0 Å². The molecule has 1 aromatic rings. The number of benzene rings is 1. The normalized spacial score (nSPS) is 11.4. The molecule has 164 valence electrons. The highest BCUT2D eigenvalue weighted by Crippen LogP contribution is 2.12. The smallest absolute Gasteiger partial charge is 0.269 e. The summed E-state index contributed by atoms with van der Waals surface area (Å²) in [7, 11) is 0. The molecule has 29 heavy (non-hydrogen) atoms. The number of rotatable bonds is 10. The third kappa shape index (κ3) is 13.0. The van der Waals surface area contributed by atoms with Crippen molar-refractivity contribution in [1.29, 1.82) is 0 Å². The molecule has 10 heteroatoms. The van der Waals surface area contributed by atoms with Crippen LogP contribution in [0.4, 0.5) is 5.69 Å². The minimum absolute atomic E-state index is 0. The van der Waals surface area contributed by atoms with E-state index in [9.17, 15) is 14.9 Å². The lowest BCUT2D eigenvalue weighted by molar-refractivity contribution is -0.384. The molecule has 0 unspecified atom stereocenters. The molecular formula is C19H32IN5O4. The molecule has 0 aliphatic rings. The lowest BCUT2D eigenvalue weighted by Crippen LogP contribution is -2.48. The van der Waals surface area contributed by atoms with Gasteiger partial charge in [0.15, 0.2) is 5.96 Å². The van der Waals surface area contributed by atoms with E-state index in [0.29, 0.717) is 32.3 Å². The number of non-ortho nitro benzene ring substituents is 1. The Morgan fingerprint density at radius 3 is 2.41 bits per heavy atom. The summed E-state index contributed by atoms with van der Waals surface area (Å²) >= 11 is 0. The highest BCUT2D eigenvalue weighted by molar-refractivity contribution is 14.0. The van der Waals surface area contributed by atoms with Crippen LogP contribution in [0.5, 0.6) is 0 Å². The third-order valence-electron chi connectivity index (χ3n) is 3.46. The van der Waals surface area contributed by atoms with Crippen LogP contribution in [-0.2, 0) is 16.1 Å². The van der Waals surface area contributed by atoms with Gasteiger partial charge >= 0.3 is 0 Å². The fourth-order valence-corrected chi connectivity index (χ4v) is 2.22. The third-order valence-corrected chi connectivity index (χ3v) is 3.46. The van der Waals surface area contributed by atoms with Crippen molar-refractivity contribution >= 4 is 41.5 Å². The highest BCUT2D eigenvalue weighted by Gasteiger charge is 2.13. The van der Waals surface area contributed by atoms with E-state index in [-0.39, 0.29) is 47.7 Å². The average Bonchev–Trinajstić information content (AvgIpc) is 2.62. The zero-order valence-corrected chi connectivity index (χ0v) is 19.8. The number of hydrogen-bond acceptors (Lipinski definition) is 5. The van der Waals surface area contributed by atoms with Crippen LogP contribution in [0.15, 0.2) is 29.3 Å². The van der Waals surface area contributed by atoms with E-state index in [4.69, 9.17) is 4.74 Å². The summed E-state index contributed by atoms with van der Waals surface area (Å²) in [5.74, 6) is 0.366. The van der Waals surface area contributed by atoms with Gasteiger partial charge in [0, 0.05) is 37.4 Å². The van der Waals surface area contributed by atoms with Gasteiger partial charge in [0.1, 0.15) is 0 Å². The van der Waals surface area contributed by atoms with Gasteiger partial charge in [0.2, 0.25) is 5.91 Å². The summed E-state index contributed by atoms with van der Waals surface area (Å²) in [6.07, 6.45) is 0.806. The number of nitro benzene ring substituents is 1. The van der Waals surface area contributed by atoms with Crippen LogP contribution in [0, 0.1) is 10.1 Å². The van der Waals surface area contributed by atoms with Crippen LogP contribution in [0.2, 0.25) is 0 Å². The standard InChI is InChI=1S/C19H31N5O4.HI/c1-5-28-12-6-11-20-18(22-14-17(25)23-19(2,3)4)21-13-15-7-9-16(10-8-15)24(26)27;/h7-10H,5-6,11-14H2,1-4H3,(H,23,25)(H2,20,21,22);1H. The maximum atomic E-state index is 12.0. The number of hydrogen-bond donors (Lipinski definition) is 3. The van der Waals surface area contributed by atoms with E-state index in [1.54, 1.807) is 12.1 Å². The SMILES string of the molecule is CCOCCCNC(=NCc1ccc([N+](=O)[O-])cc1)NCC(=O)NC(C)(C)C.I. The first kappa shape index (κ1) is 27.0. The van der Waals surface area contributed by atoms with Gasteiger partial charge < -0.3 is 20.7 Å². The molecular weight excluding hydrogens is 489 g/mol. The molecule has 1 rings (SSSR count). The zero-order chi connectivity index (χ0) is 21.0. The lowest BCUT2D eigenvalue weighted by Gasteiger charge is -2.21. The number of carbonyl (C=O) groups excluding carboxylic acids is 1. The number of amides is 1. The quantitative estimate of drug-likeness (QED) is 0.109. The monoisotopic (exact) mass is 521 g/mol. The Balaban J connectivity index is 0.00000784. The molecule has 0 atom stereocenters. The van der Waals surface area contributed by atoms with Gasteiger partial charge in [0.05, 0.1) is 18.0 Å². The number of nitrogens with zero attached hydrogens (tertiary/aromatic N) is 2. The Hall–Kier alpha value is -1.95. The number of carbonyl (C=O) groups is 1. The topological polar surface area (TPSA) is 118 Å². The van der Waals surface area contributed by atoms with E-state index in [1.165, 1.54) is 12.1 Å². The fraction of sp³-hybridized carbons (Fsp3) is 0.579. The molecule has 0 saturated carbocycles. The second-order valence-electron chi connectivity index (χ2n) is 7.22. The molecule has 0 aliphatic carbocycles. The van der Waals surface area contributed by atoms with Gasteiger partial charge in [0.25, 0.3) is 5.69 Å². The van der Waals surface area contributed by atoms with Crippen molar-refractivity contribution in [1.82, 2.24) is 16.0 Å². The fourth-order valence-electron chi connectivity index (χ4n) is 2.22. The van der Waals surface area contributed by atoms with Crippen LogP contribution in [-0.4, -0.2) is 48.6 Å². The molecule has 0 heterocycles. The second kappa shape index (κ2) is 14.1. The van der Waals surface area contributed by atoms with Crippen molar-refractivity contribution in [2.75, 3.05) is 26.3 Å². The van der Waals surface area contributed by atoms with Crippen molar-refractivity contribution in [2.45, 2.75) is 46.2 Å². The van der Waals surface area contributed by atoms with Crippen molar-refractivity contribution in [3.63, 3.8) is 0 Å². The van der Waals surface area contributed by atoms with Gasteiger partial charge in [-0.05, 0) is 39.7 Å². The lowest BCUT2D eigenvalue weighted by atomic mass is 10.1. The van der Waals surface area contributed by atoms with E-state index < -0.39 is 4.92 Å². The van der Waals surface area contributed by atoms with E-state index in [2.05, 4.69) is 20.9 Å². The molecule has 0 saturated heterocycles. The van der Waals surface area contributed by atoms with Crippen molar-refractivity contribution in [3.05, 3.63) is 39.9 Å². The molecule has 1 amide bonds. The van der Waals surface area contributed by atoms with Gasteiger partial charge in [-0.1, -0.05) is 12.1 Å². The van der Waals surface area contributed by atoms with Gasteiger partial charge in [-0.3, -0.25) is 14.9 Å². The minimum Gasteiger partial charge on any atom is -0.382 e. The summed E-state index contributed by atoms with van der Waals surface area (Å²) in [6, 6.07) is 6.23. The van der Waals surface area contributed by atoms with Crippen molar-refractivity contribution in [2.24, 2.45) is 4.99 Å². The molecule has 0 aliphatic heterocycles. The summed E-state index contributed by atoms with van der Waals surface area (Å²) in [6.45, 7) is 10.1. The predicted molar refractivity (Wildman–Crippen MR) is 125 cm³/mol. The highest BCUT2D eigenvalue weighted by atomic mass is 127. The number of aliphatic imine (C=N–C) groups is 1. The van der Waals surface area contributed by atoms with E-state index in [0.717, 1.165) is 12.0 Å². The maximum absolute atomic E-state index is 12.0. The largest absolute Gasteiger partial charge is 0.382 e. The number of ether oxygens (including phenoxy) is 1. The van der Waals surface area contributed by atoms with Crippen LogP contribution >= 0.6 is 24.0 Å². The Morgan fingerprint density at radius 2 is 1.86 bits per heavy atom. The molecule has 0 radical (unpaired) electrons. The second-order valence-corrected chi connectivity index (χ2v) is 7.22. The van der Waals surface area contributed by atoms with Crippen LogP contribution in [0.3, 0.4) is 0 Å². The average molecular weight is 521 g/mol. The molecule has 1 aromatic carbocycles. The predicted octanol–water partition coefficient (Wildman–Crippen LogP) is 2.59. The Labute approximate surface area is 189 Å². The molecule has 0 bridgehead atoms. The Bertz CT molecular complexity index is 660. The maximum Gasteiger partial charge on any atom is 0.269 e. The Morgan fingerprint density at radius 1 is 1.21 bits per heavy atom. The van der Waals surface area contributed by atoms with E-state index in [1.807, 2.05) is 27.7 Å². The first-order chi connectivity index (χ1) is 13.2. The first-order valence-corrected chi connectivity index (χ1v) is 9.35. The molecule has 0 spiro atoms. The molecule has 0 fully saturated rings. The van der Waals surface area contributed by atoms with Crippen LogP contribution in [0.1, 0.15) is 39.7 Å². The first-order valence-electron chi connectivity index (χ1n) is 9.35. The summed E-state index contributed by atoms with van der Waals surface area (Å²) in [5, 5.41) is 19.8. The molecule has 9 nitrogen and oxygen atoms in total. The number of guanidine groups is 1. The Kier molecular flexibility index (Phi) is 13.2. The van der Waals surface area contributed by atoms with Gasteiger partial charge in [-0.25, -0.2) is 4.99 Å². The summed E-state index contributed by atoms with van der Waals surface area (Å²) < 4.78 is 5.31. The van der Waals surface area contributed by atoms with Gasteiger partial charge in [-0.2, -0.15) is 0 Å².